The van der Waals surface area contributed by atoms with Crippen LogP contribution in [0.2, 0.25) is 0 Å². The fraction of sp³-hybridized carbons (Fsp3) is 0.500. The van der Waals surface area contributed by atoms with Crippen molar-refractivity contribution in [1.29, 1.82) is 0 Å². The molecular formula is C14H21N3O2. The molecule has 0 spiro atoms. The van der Waals surface area contributed by atoms with Crippen molar-refractivity contribution in [2.45, 2.75) is 6.42 Å². The van der Waals surface area contributed by atoms with E-state index >= 15 is 0 Å². The van der Waals surface area contributed by atoms with Crippen LogP contribution in [0.5, 0.6) is 0 Å². The molecule has 1 saturated heterocycles. The van der Waals surface area contributed by atoms with Gasteiger partial charge in [-0.05, 0) is 30.7 Å². The second-order valence-corrected chi connectivity index (χ2v) is 4.83. The Labute approximate surface area is 113 Å². The van der Waals surface area contributed by atoms with Crippen LogP contribution in [0.4, 0.5) is 5.69 Å². The first-order valence-corrected chi connectivity index (χ1v) is 6.69. The number of nitrogens with zero attached hydrogens (tertiary/aromatic N) is 2. The van der Waals surface area contributed by atoms with Crippen molar-refractivity contribution in [3.05, 3.63) is 29.8 Å². The minimum atomic E-state index is 0.0711. The van der Waals surface area contributed by atoms with Gasteiger partial charge in [-0.15, -0.1) is 0 Å². The molecular weight excluding hydrogens is 242 g/mol. The second-order valence-electron chi connectivity index (χ2n) is 4.83. The van der Waals surface area contributed by atoms with Crippen molar-refractivity contribution < 1.29 is 9.90 Å². The zero-order valence-corrected chi connectivity index (χ0v) is 11.1. The van der Waals surface area contributed by atoms with Gasteiger partial charge in [0.1, 0.15) is 0 Å². The molecule has 1 aromatic carbocycles. The molecule has 0 saturated carbocycles. The lowest BCUT2D eigenvalue weighted by Crippen LogP contribution is -2.48. The summed E-state index contributed by atoms with van der Waals surface area (Å²) >= 11 is 0. The molecule has 5 heteroatoms. The van der Waals surface area contributed by atoms with Crippen molar-refractivity contribution in [1.82, 2.24) is 9.80 Å². The van der Waals surface area contributed by atoms with E-state index in [0.717, 1.165) is 39.1 Å². The van der Waals surface area contributed by atoms with E-state index in [4.69, 9.17) is 10.8 Å². The largest absolute Gasteiger partial charge is 0.399 e. The number of carbonyl (C=O) groups excluding carboxylic acids is 1. The number of nitrogen functional groups attached to an aromatic ring is 1. The molecule has 104 valence electrons. The van der Waals surface area contributed by atoms with Gasteiger partial charge in [-0.3, -0.25) is 9.69 Å². The molecule has 0 aromatic heterocycles. The summed E-state index contributed by atoms with van der Waals surface area (Å²) in [7, 11) is 0. The highest BCUT2D eigenvalue weighted by Gasteiger charge is 2.21. The van der Waals surface area contributed by atoms with Gasteiger partial charge in [0.2, 0.25) is 0 Å². The van der Waals surface area contributed by atoms with E-state index < -0.39 is 0 Å². The molecule has 1 heterocycles. The second kappa shape index (κ2) is 6.54. The van der Waals surface area contributed by atoms with E-state index in [1.165, 1.54) is 0 Å². The molecule has 0 bridgehead atoms. The average Bonchev–Trinajstić information content (AvgIpc) is 2.46. The summed E-state index contributed by atoms with van der Waals surface area (Å²) in [6.45, 7) is 4.37. The standard InChI is InChI=1S/C14H21N3O2/c15-13-4-2-12(3-5-13)14(19)17-9-7-16(8-10-17)6-1-11-18/h2-5,18H,1,6-11,15H2. The summed E-state index contributed by atoms with van der Waals surface area (Å²) in [6.07, 6.45) is 0.798. The van der Waals surface area contributed by atoms with Crippen LogP contribution < -0.4 is 5.73 Å². The summed E-state index contributed by atoms with van der Waals surface area (Å²) < 4.78 is 0. The fourth-order valence-corrected chi connectivity index (χ4v) is 2.28. The molecule has 0 atom stereocenters. The number of amides is 1. The zero-order chi connectivity index (χ0) is 13.7. The normalized spacial score (nSPS) is 16.6. The van der Waals surface area contributed by atoms with Crippen LogP contribution in [0.1, 0.15) is 16.8 Å². The molecule has 5 nitrogen and oxygen atoms in total. The Morgan fingerprint density at radius 1 is 1.16 bits per heavy atom. The highest BCUT2D eigenvalue weighted by Crippen LogP contribution is 2.11. The highest BCUT2D eigenvalue weighted by molar-refractivity contribution is 5.94. The number of aliphatic hydroxyl groups excluding tert-OH is 1. The number of aliphatic hydroxyl groups is 1. The van der Waals surface area contributed by atoms with Crippen molar-refractivity contribution in [3.8, 4) is 0 Å². The van der Waals surface area contributed by atoms with Gasteiger partial charge in [0.15, 0.2) is 0 Å². The minimum absolute atomic E-state index is 0.0711. The van der Waals surface area contributed by atoms with E-state index in [0.29, 0.717) is 11.3 Å². The summed E-state index contributed by atoms with van der Waals surface area (Å²) in [5.74, 6) is 0.0711. The molecule has 0 aliphatic carbocycles. The first-order valence-electron chi connectivity index (χ1n) is 6.69. The first kappa shape index (κ1) is 13.8. The molecule has 19 heavy (non-hydrogen) atoms. The number of rotatable bonds is 4. The lowest BCUT2D eigenvalue weighted by molar-refractivity contribution is 0.0629. The van der Waals surface area contributed by atoms with E-state index in [9.17, 15) is 4.79 Å². The first-order chi connectivity index (χ1) is 9.20. The van der Waals surface area contributed by atoms with Crippen LogP contribution in [0.15, 0.2) is 24.3 Å². The Morgan fingerprint density at radius 3 is 2.37 bits per heavy atom. The molecule has 1 aliphatic heterocycles. The third-order valence-electron chi connectivity index (χ3n) is 3.45. The number of hydrogen-bond acceptors (Lipinski definition) is 4. The van der Waals surface area contributed by atoms with Crippen molar-refractivity contribution in [2.24, 2.45) is 0 Å². The number of carbonyl (C=O) groups is 1. The van der Waals surface area contributed by atoms with E-state index in [1.807, 2.05) is 4.90 Å². The molecule has 0 unspecified atom stereocenters. The Hall–Kier alpha value is -1.59. The van der Waals surface area contributed by atoms with Gasteiger partial charge in [-0.2, -0.15) is 0 Å². The molecule has 1 fully saturated rings. The Balaban J connectivity index is 1.87. The monoisotopic (exact) mass is 263 g/mol. The Bertz CT molecular complexity index is 411. The molecule has 2 rings (SSSR count). The lowest BCUT2D eigenvalue weighted by atomic mass is 10.1. The Morgan fingerprint density at radius 2 is 1.79 bits per heavy atom. The zero-order valence-electron chi connectivity index (χ0n) is 11.1. The summed E-state index contributed by atoms with van der Waals surface area (Å²) in [4.78, 5) is 16.4. The third kappa shape index (κ3) is 3.68. The molecule has 3 N–H and O–H groups in total. The van der Waals surface area contributed by atoms with Gasteiger partial charge >= 0.3 is 0 Å². The maximum Gasteiger partial charge on any atom is 0.253 e. The number of benzene rings is 1. The van der Waals surface area contributed by atoms with Crippen molar-refractivity contribution in [3.63, 3.8) is 0 Å². The predicted octanol–water partition coefficient (Wildman–Crippen LogP) is 0.409. The number of nitrogens with two attached hydrogens (primary N) is 1. The molecule has 1 amide bonds. The summed E-state index contributed by atoms with van der Waals surface area (Å²) in [6, 6.07) is 7.06. The van der Waals surface area contributed by atoms with Crippen LogP contribution in [0, 0.1) is 0 Å². The van der Waals surface area contributed by atoms with Crippen LogP contribution in [-0.2, 0) is 0 Å². The number of hydrogen-bond donors (Lipinski definition) is 2. The van der Waals surface area contributed by atoms with Gasteiger partial charge in [-0.1, -0.05) is 0 Å². The maximum atomic E-state index is 12.3. The van der Waals surface area contributed by atoms with Gasteiger partial charge in [0.25, 0.3) is 5.91 Å². The fourth-order valence-electron chi connectivity index (χ4n) is 2.28. The van der Waals surface area contributed by atoms with Crippen LogP contribution >= 0.6 is 0 Å². The third-order valence-corrected chi connectivity index (χ3v) is 3.45. The van der Waals surface area contributed by atoms with Gasteiger partial charge in [-0.25, -0.2) is 0 Å². The minimum Gasteiger partial charge on any atom is -0.399 e. The van der Waals surface area contributed by atoms with Crippen LogP contribution in [0.25, 0.3) is 0 Å². The van der Waals surface area contributed by atoms with Crippen LogP contribution in [0.3, 0.4) is 0 Å². The van der Waals surface area contributed by atoms with Gasteiger partial charge < -0.3 is 15.7 Å². The SMILES string of the molecule is Nc1ccc(C(=O)N2CCN(CCCO)CC2)cc1. The van der Waals surface area contributed by atoms with Crippen molar-refractivity contribution >= 4 is 11.6 Å². The summed E-state index contributed by atoms with van der Waals surface area (Å²) in [5.41, 5.74) is 6.98. The number of piperazine rings is 1. The topological polar surface area (TPSA) is 69.8 Å². The molecule has 0 radical (unpaired) electrons. The predicted molar refractivity (Wildman–Crippen MR) is 74.9 cm³/mol. The average molecular weight is 263 g/mol. The molecule has 1 aromatic rings. The van der Waals surface area contributed by atoms with Crippen LogP contribution in [-0.4, -0.2) is 60.1 Å². The lowest BCUT2D eigenvalue weighted by Gasteiger charge is -2.34. The smallest absolute Gasteiger partial charge is 0.253 e. The van der Waals surface area contributed by atoms with Gasteiger partial charge in [0, 0.05) is 50.6 Å². The maximum absolute atomic E-state index is 12.3. The summed E-state index contributed by atoms with van der Waals surface area (Å²) in [5, 5.41) is 8.81. The Kier molecular flexibility index (Phi) is 4.76. The van der Waals surface area contributed by atoms with Gasteiger partial charge in [0.05, 0.1) is 0 Å². The van der Waals surface area contributed by atoms with E-state index in [-0.39, 0.29) is 12.5 Å². The van der Waals surface area contributed by atoms with Crippen molar-refractivity contribution in [2.75, 3.05) is 45.1 Å². The molecule has 1 aliphatic rings. The van der Waals surface area contributed by atoms with E-state index in [1.54, 1.807) is 24.3 Å². The quantitative estimate of drug-likeness (QED) is 0.772. The van der Waals surface area contributed by atoms with E-state index in [2.05, 4.69) is 4.90 Å². The number of anilines is 1. The highest BCUT2D eigenvalue weighted by atomic mass is 16.3.